The number of rotatable bonds is 5. The second-order valence-electron chi connectivity index (χ2n) is 3.76. The van der Waals surface area contributed by atoms with Gasteiger partial charge < -0.3 is 0 Å². The second-order valence-corrected chi connectivity index (χ2v) is 5.70. The van der Waals surface area contributed by atoms with Crippen molar-refractivity contribution in [2.24, 2.45) is 5.84 Å². The number of amides is 1. The molecule has 6 nitrogen and oxygen atoms in total. The first kappa shape index (κ1) is 14.5. The lowest BCUT2D eigenvalue weighted by Gasteiger charge is -2.04. The number of nitrogens with one attached hydrogen (secondary N) is 1. The van der Waals surface area contributed by atoms with Crippen LogP contribution in [0.15, 0.2) is 40.6 Å². The van der Waals surface area contributed by atoms with Gasteiger partial charge in [-0.3, -0.25) is 20.3 Å². The topological polar surface area (TPSA) is 98.3 Å². The van der Waals surface area contributed by atoms with Crippen LogP contribution in [-0.4, -0.2) is 10.8 Å². The molecule has 0 atom stereocenters. The first-order chi connectivity index (χ1) is 9.63. The lowest BCUT2D eigenvalue weighted by Crippen LogP contribution is -2.29. The van der Waals surface area contributed by atoms with Gasteiger partial charge in [0, 0.05) is 11.8 Å². The molecule has 20 heavy (non-hydrogen) atoms. The highest BCUT2D eigenvalue weighted by Gasteiger charge is 2.16. The van der Waals surface area contributed by atoms with E-state index in [2.05, 4.69) is 5.43 Å². The first-order valence-electron chi connectivity index (χ1n) is 5.57. The van der Waals surface area contributed by atoms with Crippen LogP contribution in [0.2, 0.25) is 0 Å². The van der Waals surface area contributed by atoms with Gasteiger partial charge in [-0.05, 0) is 23.1 Å². The summed E-state index contributed by atoms with van der Waals surface area (Å²) in [5.41, 5.74) is 2.96. The normalized spacial score (nSPS) is 10.2. The number of nitrogens with two attached hydrogens (primary N) is 1. The maximum Gasteiger partial charge on any atom is 0.282 e. The zero-order chi connectivity index (χ0) is 14.5. The van der Waals surface area contributed by atoms with Crippen LogP contribution in [0, 0.1) is 10.1 Å². The Kier molecular flexibility index (Phi) is 4.72. The third kappa shape index (κ3) is 3.16. The van der Waals surface area contributed by atoms with Crippen LogP contribution in [0.3, 0.4) is 0 Å². The van der Waals surface area contributed by atoms with E-state index in [-0.39, 0.29) is 11.6 Å². The number of nitrogen functional groups attached to an aromatic ring is 1. The lowest BCUT2D eigenvalue weighted by molar-refractivity contribution is -0.387. The van der Waals surface area contributed by atoms with Crippen LogP contribution in [0.25, 0.3) is 0 Å². The Hall–Kier alpha value is -1.90. The number of hydrogen-bond acceptors (Lipinski definition) is 6. The van der Waals surface area contributed by atoms with E-state index in [0.717, 1.165) is 5.56 Å². The molecule has 0 aliphatic heterocycles. The number of nitro groups is 1. The Morgan fingerprint density at radius 2 is 2.15 bits per heavy atom. The van der Waals surface area contributed by atoms with Crippen molar-refractivity contribution in [3.63, 3.8) is 0 Å². The fourth-order valence-electron chi connectivity index (χ4n) is 1.60. The minimum Gasteiger partial charge on any atom is -0.289 e. The quantitative estimate of drug-likeness (QED) is 0.291. The number of nitrogens with zero attached hydrogens (tertiary/aromatic N) is 1. The molecule has 8 heteroatoms. The molecule has 0 unspecified atom stereocenters. The highest BCUT2D eigenvalue weighted by Crippen LogP contribution is 2.32. The van der Waals surface area contributed by atoms with E-state index in [1.165, 1.54) is 29.2 Å². The number of hydrazine groups is 1. The van der Waals surface area contributed by atoms with Crippen molar-refractivity contribution in [3.8, 4) is 0 Å². The van der Waals surface area contributed by atoms with Gasteiger partial charge in [0.1, 0.15) is 0 Å². The maximum absolute atomic E-state index is 11.5. The van der Waals surface area contributed by atoms with Crippen molar-refractivity contribution in [2.75, 3.05) is 0 Å². The highest BCUT2D eigenvalue weighted by molar-refractivity contribution is 7.98. The molecule has 0 bridgehead atoms. The van der Waals surface area contributed by atoms with E-state index in [0.29, 0.717) is 15.5 Å². The standard InChI is InChI=1S/C12H11N3O3S2/c13-14-12(16)11-8(5-6-19-11)7-20-10-4-2-1-3-9(10)15(17)18/h1-6H,7,13H2,(H,14,16). The molecular formula is C12H11N3O3S2. The monoisotopic (exact) mass is 309 g/mol. The summed E-state index contributed by atoms with van der Waals surface area (Å²) in [5.74, 6) is 5.23. The number of thioether (sulfide) groups is 1. The number of carbonyl (C=O) groups is 1. The molecule has 0 radical (unpaired) electrons. The molecule has 2 rings (SSSR count). The Labute approximate surface area is 123 Å². The van der Waals surface area contributed by atoms with Crippen LogP contribution in [-0.2, 0) is 5.75 Å². The van der Waals surface area contributed by atoms with Gasteiger partial charge in [-0.1, -0.05) is 12.1 Å². The summed E-state index contributed by atoms with van der Waals surface area (Å²) < 4.78 is 0. The molecule has 0 aliphatic rings. The molecule has 2 aromatic rings. The van der Waals surface area contributed by atoms with Crippen molar-refractivity contribution in [1.82, 2.24) is 5.43 Å². The predicted octanol–water partition coefficient (Wildman–Crippen LogP) is 2.55. The number of para-hydroxylation sites is 1. The molecule has 1 aromatic heterocycles. The summed E-state index contributed by atoms with van der Waals surface area (Å²) in [6.45, 7) is 0. The number of nitro benzene ring substituents is 1. The fraction of sp³-hybridized carbons (Fsp3) is 0.0833. The average molecular weight is 309 g/mol. The zero-order valence-electron chi connectivity index (χ0n) is 10.2. The van der Waals surface area contributed by atoms with Gasteiger partial charge in [-0.15, -0.1) is 23.1 Å². The molecule has 0 fully saturated rings. The largest absolute Gasteiger partial charge is 0.289 e. The zero-order valence-corrected chi connectivity index (χ0v) is 11.9. The number of hydrogen-bond donors (Lipinski definition) is 2. The molecule has 1 amide bonds. The lowest BCUT2D eigenvalue weighted by atomic mass is 10.3. The fourth-order valence-corrected chi connectivity index (χ4v) is 3.53. The van der Waals surface area contributed by atoms with E-state index in [4.69, 9.17) is 5.84 Å². The molecule has 0 aliphatic carbocycles. The van der Waals surface area contributed by atoms with Crippen LogP contribution >= 0.6 is 23.1 Å². The Morgan fingerprint density at radius 1 is 1.40 bits per heavy atom. The van der Waals surface area contributed by atoms with E-state index in [9.17, 15) is 14.9 Å². The van der Waals surface area contributed by atoms with Crippen LogP contribution in [0.5, 0.6) is 0 Å². The number of carbonyl (C=O) groups excluding carboxylic acids is 1. The minimum absolute atomic E-state index is 0.0672. The average Bonchev–Trinajstić information content (AvgIpc) is 2.92. The first-order valence-corrected chi connectivity index (χ1v) is 7.43. The van der Waals surface area contributed by atoms with E-state index in [1.807, 2.05) is 6.07 Å². The van der Waals surface area contributed by atoms with Crippen molar-refractivity contribution < 1.29 is 9.72 Å². The molecule has 3 N–H and O–H groups in total. The van der Waals surface area contributed by atoms with Crippen molar-refractivity contribution in [2.45, 2.75) is 10.6 Å². The van der Waals surface area contributed by atoms with Crippen LogP contribution in [0.1, 0.15) is 15.2 Å². The van der Waals surface area contributed by atoms with Crippen molar-refractivity contribution >= 4 is 34.7 Å². The van der Waals surface area contributed by atoms with Gasteiger partial charge in [0.25, 0.3) is 11.6 Å². The molecular weight excluding hydrogens is 298 g/mol. The number of benzene rings is 1. The molecule has 0 spiro atoms. The summed E-state index contributed by atoms with van der Waals surface area (Å²) in [7, 11) is 0. The third-order valence-corrected chi connectivity index (χ3v) is 4.60. The van der Waals surface area contributed by atoms with Gasteiger partial charge in [-0.2, -0.15) is 0 Å². The predicted molar refractivity (Wildman–Crippen MR) is 78.6 cm³/mol. The van der Waals surface area contributed by atoms with E-state index >= 15 is 0 Å². The molecule has 0 saturated carbocycles. The van der Waals surface area contributed by atoms with E-state index in [1.54, 1.807) is 23.6 Å². The van der Waals surface area contributed by atoms with Gasteiger partial charge in [-0.25, -0.2) is 5.84 Å². The van der Waals surface area contributed by atoms with Gasteiger partial charge in [0.05, 0.1) is 14.7 Å². The SMILES string of the molecule is NNC(=O)c1sccc1CSc1ccccc1[N+](=O)[O-]. The molecule has 1 aromatic carbocycles. The summed E-state index contributed by atoms with van der Waals surface area (Å²) in [6, 6.07) is 8.34. The Bertz CT molecular complexity index is 642. The maximum atomic E-state index is 11.5. The second kappa shape index (κ2) is 6.51. The van der Waals surface area contributed by atoms with Crippen LogP contribution < -0.4 is 11.3 Å². The van der Waals surface area contributed by atoms with Gasteiger partial charge >= 0.3 is 0 Å². The summed E-state index contributed by atoms with van der Waals surface area (Å²) >= 11 is 2.61. The minimum atomic E-state index is -0.413. The van der Waals surface area contributed by atoms with Crippen LogP contribution in [0.4, 0.5) is 5.69 Å². The van der Waals surface area contributed by atoms with E-state index < -0.39 is 4.92 Å². The molecule has 1 heterocycles. The van der Waals surface area contributed by atoms with Crippen molar-refractivity contribution in [3.05, 3.63) is 56.3 Å². The number of thiophene rings is 1. The Balaban J connectivity index is 2.16. The summed E-state index contributed by atoms with van der Waals surface area (Å²) in [6.07, 6.45) is 0. The molecule has 104 valence electrons. The Morgan fingerprint density at radius 3 is 2.85 bits per heavy atom. The molecule has 0 saturated heterocycles. The third-order valence-electron chi connectivity index (χ3n) is 2.53. The van der Waals surface area contributed by atoms with Gasteiger partial charge in [0.2, 0.25) is 0 Å². The summed E-state index contributed by atoms with van der Waals surface area (Å²) in [4.78, 5) is 23.1. The van der Waals surface area contributed by atoms with Gasteiger partial charge in [0.15, 0.2) is 0 Å². The highest BCUT2D eigenvalue weighted by atomic mass is 32.2. The smallest absolute Gasteiger partial charge is 0.282 e. The summed E-state index contributed by atoms with van der Waals surface area (Å²) in [5, 5.41) is 12.7. The van der Waals surface area contributed by atoms with Crippen molar-refractivity contribution in [1.29, 1.82) is 0 Å².